The molecule has 0 aromatic carbocycles. The normalized spacial score (nSPS) is 11.8. The maximum atomic E-state index is 2.42. The van der Waals surface area contributed by atoms with Crippen LogP contribution in [0.2, 0.25) is 0 Å². The fraction of sp³-hybridized carbons (Fsp3) is 0.905. The van der Waals surface area contributed by atoms with Crippen LogP contribution in [0.1, 0.15) is 117 Å². The molecule has 126 valence electrons. The molecule has 0 saturated carbocycles. The Morgan fingerprint density at radius 1 is 0.571 bits per heavy atom. The lowest BCUT2D eigenvalue weighted by molar-refractivity contribution is 0.512. The van der Waals surface area contributed by atoms with Crippen LogP contribution in [0.5, 0.6) is 0 Å². The SMILES string of the molecule is CCCCCCCCC=CCCCCCCCCC(C)C. The Hall–Kier alpha value is -0.260. The molecule has 0 aliphatic carbocycles. The second kappa shape index (κ2) is 17.8. The van der Waals surface area contributed by atoms with Gasteiger partial charge in [0, 0.05) is 0 Å². The molecule has 0 radical (unpaired) electrons. The van der Waals surface area contributed by atoms with E-state index in [2.05, 4.69) is 32.9 Å². The van der Waals surface area contributed by atoms with Gasteiger partial charge in [0.05, 0.1) is 0 Å². The van der Waals surface area contributed by atoms with Crippen molar-refractivity contribution in [3.63, 3.8) is 0 Å². The number of rotatable bonds is 16. The van der Waals surface area contributed by atoms with Crippen molar-refractivity contribution in [1.82, 2.24) is 0 Å². The Kier molecular flexibility index (Phi) is 17.6. The molecule has 0 spiro atoms. The van der Waals surface area contributed by atoms with Crippen LogP contribution in [0.4, 0.5) is 0 Å². The van der Waals surface area contributed by atoms with Crippen LogP contribution in [0.15, 0.2) is 12.2 Å². The van der Waals surface area contributed by atoms with Crippen LogP contribution >= 0.6 is 0 Å². The summed E-state index contributed by atoms with van der Waals surface area (Å²) in [6, 6.07) is 0. The average molecular weight is 295 g/mol. The highest BCUT2D eigenvalue weighted by atomic mass is 14.0. The predicted octanol–water partition coefficient (Wildman–Crippen LogP) is 8.07. The van der Waals surface area contributed by atoms with Gasteiger partial charge in [0.15, 0.2) is 0 Å². The van der Waals surface area contributed by atoms with E-state index in [0.29, 0.717) is 0 Å². The first-order chi connectivity index (χ1) is 10.3. The van der Waals surface area contributed by atoms with Gasteiger partial charge in [0.25, 0.3) is 0 Å². The van der Waals surface area contributed by atoms with Crippen LogP contribution in [0.3, 0.4) is 0 Å². The van der Waals surface area contributed by atoms with Crippen molar-refractivity contribution in [2.45, 2.75) is 117 Å². The summed E-state index contributed by atoms with van der Waals surface area (Å²) in [7, 11) is 0. The van der Waals surface area contributed by atoms with E-state index in [1.807, 2.05) is 0 Å². The van der Waals surface area contributed by atoms with E-state index in [0.717, 1.165) is 5.92 Å². The first-order valence-corrected chi connectivity index (χ1v) is 9.92. The summed E-state index contributed by atoms with van der Waals surface area (Å²) in [5.41, 5.74) is 0. The molecule has 0 saturated heterocycles. The number of unbranched alkanes of at least 4 members (excludes halogenated alkanes) is 12. The second-order valence-corrected chi connectivity index (χ2v) is 7.12. The molecule has 0 aromatic heterocycles. The summed E-state index contributed by atoms with van der Waals surface area (Å²) in [5, 5.41) is 0. The second-order valence-electron chi connectivity index (χ2n) is 7.12. The van der Waals surface area contributed by atoms with E-state index >= 15 is 0 Å². The van der Waals surface area contributed by atoms with Crippen LogP contribution in [-0.2, 0) is 0 Å². The van der Waals surface area contributed by atoms with Gasteiger partial charge in [0.1, 0.15) is 0 Å². The van der Waals surface area contributed by atoms with Crippen molar-refractivity contribution in [2.24, 2.45) is 5.92 Å². The maximum Gasteiger partial charge on any atom is -0.0351 e. The Bertz CT molecular complexity index is 202. The molecule has 0 atom stereocenters. The molecule has 0 nitrogen and oxygen atoms in total. The molecule has 0 bridgehead atoms. The molecule has 0 unspecified atom stereocenters. The third-order valence-corrected chi connectivity index (χ3v) is 4.29. The summed E-state index contributed by atoms with van der Waals surface area (Å²) < 4.78 is 0. The lowest BCUT2D eigenvalue weighted by Gasteiger charge is -2.03. The smallest absolute Gasteiger partial charge is 0.0351 e. The number of allylic oxidation sites excluding steroid dienone is 2. The summed E-state index contributed by atoms with van der Waals surface area (Å²) in [6.07, 6.45) is 26.0. The minimum absolute atomic E-state index is 0.891. The molecular weight excluding hydrogens is 252 g/mol. The summed E-state index contributed by atoms with van der Waals surface area (Å²) in [4.78, 5) is 0. The maximum absolute atomic E-state index is 2.42. The van der Waals surface area contributed by atoms with Crippen molar-refractivity contribution in [3.8, 4) is 0 Å². The minimum atomic E-state index is 0.891. The largest absolute Gasteiger partial charge is 0.0885 e. The van der Waals surface area contributed by atoms with E-state index in [-0.39, 0.29) is 0 Å². The van der Waals surface area contributed by atoms with Crippen LogP contribution in [0.25, 0.3) is 0 Å². The Morgan fingerprint density at radius 2 is 1.00 bits per heavy atom. The van der Waals surface area contributed by atoms with Gasteiger partial charge in [-0.3, -0.25) is 0 Å². The zero-order valence-corrected chi connectivity index (χ0v) is 15.3. The van der Waals surface area contributed by atoms with Gasteiger partial charge < -0.3 is 0 Å². The molecule has 0 aliphatic heterocycles. The van der Waals surface area contributed by atoms with Crippen LogP contribution in [0, 0.1) is 5.92 Å². The predicted molar refractivity (Wildman–Crippen MR) is 98.9 cm³/mol. The quantitative estimate of drug-likeness (QED) is 0.199. The fourth-order valence-corrected chi connectivity index (χ4v) is 2.80. The molecule has 0 heteroatoms. The highest BCUT2D eigenvalue weighted by Gasteiger charge is 1.94. The number of hydrogen-bond acceptors (Lipinski definition) is 0. The fourth-order valence-electron chi connectivity index (χ4n) is 2.80. The average Bonchev–Trinajstić information content (AvgIpc) is 2.46. The standard InChI is InChI=1S/C21H42/c1-4-5-6-7-8-9-10-11-12-13-14-15-16-17-18-19-20-21(2)3/h11-12,21H,4-10,13-20H2,1-3H3. The first kappa shape index (κ1) is 20.7. The zero-order chi connectivity index (χ0) is 15.6. The van der Waals surface area contributed by atoms with Crippen molar-refractivity contribution in [2.75, 3.05) is 0 Å². The molecule has 21 heavy (non-hydrogen) atoms. The van der Waals surface area contributed by atoms with Gasteiger partial charge in [-0.25, -0.2) is 0 Å². The molecule has 0 fully saturated rings. The van der Waals surface area contributed by atoms with Crippen LogP contribution in [-0.4, -0.2) is 0 Å². The monoisotopic (exact) mass is 294 g/mol. The van der Waals surface area contributed by atoms with E-state index in [9.17, 15) is 0 Å². The summed E-state index contributed by atoms with van der Waals surface area (Å²) >= 11 is 0. The topological polar surface area (TPSA) is 0 Å². The molecule has 0 N–H and O–H groups in total. The number of hydrogen-bond donors (Lipinski definition) is 0. The highest BCUT2D eigenvalue weighted by molar-refractivity contribution is 4.81. The van der Waals surface area contributed by atoms with Gasteiger partial charge in [-0.2, -0.15) is 0 Å². The summed E-state index contributed by atoms with van der Waals surface area (Å²) in [6.45, 7) is 6.95. The molecular formula is C21H42. The van der Waals surface area contributed by atoms with E-state index in [4.69, 9.17) is 0 Å². The van der Waals surface area contributed by atoms with Crippen molar-refractivity contribution >= 4 is 0 Å². The third-order valence-electron chi connectivity index (χ3n) is 4.29. The van der Waals surface area contributed by atoms with Gasteiger partial charge >= 0.3 is 0 Å². The third kappa shape index (κ3) is 19.7. The first-order valence-electron chi connectivity index (χ1n) is 9.92. The van der Waals surface area contributed by atoms with Gasteiger partial charge in [-0.05, 0) is 31.6 Å². The van der Waals surface area contributed by atoms with Crippen molar-refractivity contribution in [3.05, 3.63) is 12.2 Å². The zero-order valence-electron chi connectivity index (χ0n) is 15.3. The molecule has 0 amide bonds. The Balaban J connectivity index is 3.05. The Labute approximate surface area is 135 Å². The van der Waals surface area contributed by atoms with E-state index in [1.54, 1.807) is 0 Å². The lowest BCUT2D eigenvalue weighted by Crippen LogP contribution is -1.87. The van der Waals surface area contributed by atoms with E-state index < -0.39 is 0 Å². The van der Waals surface area contributed by atoms with Crippen molar-refractivity contribution < 1.29 is 0 Å². The molecule has 0 aliphatic rings. The van der Waals surface area contributed by atoms with Gasteiger partial charge in [-0.15, -0.1) is 0 Å². The molecule has 0 rings (SSSR count). The van der Waals surface area contributed by atoms with Gasteiger partial charge in [0.2, 0.25) is 0 Å². The highest BCUT2D eigenvalue weighted by Crippen LogP contribution is 2.12. The van der Waals surface area contributed by atoms with Crippen LogP contribution < -0.4 is 0 Å². The van der Waals surface area contributed by atoms with Gasteiger partial charge in [-0.1, -0.05) is 104 Å². The van der Waals surface area contributed by atoms with Crippen molar-refractivity contribution in [1.29, 1.82) is 0 Å². The Morgan fingerprint density at radius 3 is 1.48 bits per heavy atom. The molecule has 0 aromatic rings. The minimum Gasteiger partial charge on any atom is -0.0885 e. The molecule has 0 heterocycles. The van der Waals surface area contributed by atoms with E-state index in [1.165, 1.54) is 96.3 Å². The summed E-state index contributed by atoms with van der Waals surface area (Å²) in [5.74, 6) is 0.891. The lowest BCUT2D eigenvalue weighted by atomic mass is 10.0.